The molecule has 1 N–H and O–H groups in total. The fourth-order valence-electron chi connectivity index (χ4n) is 3.05. The van der Waals surface area contributed by atoms with E-state index in [1.165, 1.54) is 21.8 Å². The molecule has 2 heterocycles. The molecule has 5 nitrogen and oxygen atoms in total. The van der Waals surface area contributed by atoms with Crippen molar-refractivity contribution in [3.05, 3.63) is 57.4 Å². The molecule has 0 fully saturated rings. The largest absolute Gasteiger partial charge is 0.379 e. The van der Waals surface area contributed by atoms with E-state index in [9.17, 15) is 9.59 Å². The third-order valence-corrected chi connectivity index (χ3v) is 5.58. The molecular weight excluding hydrogens is 372 g/mol. The van der Waals surface area contributed by atoms with Gasteiger partial charge in [-0.1, -0.05) is 12.1 Å². The maximum absolute atomic E-state index is 13.1. The van der Waals surface area contributed by atoms with Crippen LogP contribution in [0, 0.1) is 13.8 Å². The van der Waals surface area contributed by atoms with Crippen molar-refractivity contribution in [3.8, 4) is 0 Å². The summed E-state index contributed by atoms with van der Waals surface area (Å²) in [7, 11) is 0. The van der Waals surface area contributed by atoms with Gasteiger partial charge in [0.25, 0.3) is 11.8 Å². The highest BCUT2D eigenvalue weighted by Crippen LogP contribution is 2.33. The predicted molar refractivity (Wildman–Crippen MR) is 113 cm³/mol. The molecule has 0 spiro atoms. The molecule has 1 aromatic heterocycles. The smallest absolute Gasteiger partial charge is 0.278 e. The van der Waals surface area contributed by atoms with Crippen molar-refractivity contribution >= 4 is 34.4 Å². The molecule has 1 aliphatic rings. The molecule has 0 saturated heterocycles. The summed E-state index contributed by atoms with van der Waals surface area (Å²) in [6.07, 6.45) is 0.747. The van der Waals surface area contributed by atoms with Crippen LogP contribution in [0.25, 0.3) is 5.57 Å². The number of carbonyl (C=O) groups is 2. The lowest BCUT2D eigenvalue weighted by Gasteiger charge is -2.16. The first-order chi connectivity index (χ1) is 13.4. The van der Waals surface area contributed by atoms with Crippen LogP contribution in [0.1, 0.15) is 36.3 Å². The van der Waals surface area contributed by atoms with Gasteiger partial charge in [-0.05, 0) is 68.8 Å². The summed E-state index contributed by atoms with van der Waals surface area (Å²) >= 11 is 1.46. The molecule has 28 heavy (non-hydrogen) atoms. The van der Waals surface area contributed by atoms with Crippen LogP contribution in [0.5, 0.6) is 0 Å². The van der Waals surface area contributed by atoms with Crippen LogP contribution in [0.15, 0.2) is 41.4 Å². The molecule has 0 radical (unpaired) electrons. The van der Waals surface area contributed by atoms with Gasteiger partial charge in [-0.15, -0.1) is 11.3 Å². The number of anilines is 1. The van der Waals surface area contributed by atoms with Crippen LogP contribution in [0.2, 0.25) is 0 Å². The maximum Gasteiger partial charge on any atom is 0.278 e. The van der Waals surface area contributed by atoms with E-state index < -0.39 is 0 Å². The van der Waals surface area contributed by atoms with Gasteiger partial charge in [-0.25, -0.2) is 0 Å². The Hall–Kier alpha value is -2.44. The first-order valence-corrected chi connectivity index (χ1v) is 10.4. The van der Waals surface area contributed by atoms with Crippen molar-refractivity contribution < 1.29 is 14.3 Å². The number of ether oxygens (including phenoxy) is 1. The summed E-state index contributed by atoms with van der Waals surface area (Å²) in [5, 5.41) is 5.12. The highest BCUT2D eigenvalue weighted by atomic mass is 32.1. The van der Waals surface area contributed by atoms with E-state index in [1.54, 1.807) is 0 Å². The summed E-state index contributed by atoms with van der Waals surface area (Å²) in [6, 6.07) is 9.69. The maximum atomic E-state index is 13.1. The second kappa shape index (κ2) is 8.71. The molecule has 0 bridgehead atoms. The van der Waals surface area contributed by atoms with Crippen molar-refractivity contribution in [2.45, 2.75) is 40.2 Å². The lowest BCUT2D eigenvalue weighted by atomic mass is 10.1. The third kappa shape index (κ3) is 4.34. The van der Waals surface area contributed by atoms with Crippen LogP contribution in [-0.2, 0) is 14.3 Å². The average Bonchev–Trinajstić information content (AvgIpc) is 3.24. The summed E-state index contributed by atoms with van der Waals surface area (Å²) in [4.78, 5) is 28.2. The number of amides is 2. The number of hydrogen-bond donors (Lipinski definition) is 1. The van der Waals surface area contributed by atoms with Crippen molar-refractivity contribution in [2.24, 2.45) is 0 Å². The van der Waals surface area contributed by atoms with Crippen LogP contribution < -0.4 is 5.32 Å². The Morgan fingerprint density at radius 1 is 1.11 bits per heavy atom. The number of thiophene rings is 1. The Morgan fingerprint density at radius 3 is 2.54 bits per heavy atom. The Labute approximate surface area is 170 Å². The number of rotatable bonds is 8. The van der Waals surface area contributed by atoms with E-state index in [0.717, 1.165) is 16.1 Å². The summed E-state index contributed by atoms with van der Waals surface area (Å²) < 4.78 is 5.54. The van der Waals surface area contributed by atoms with Gasteiger partial charge < -0.3 is 10.1 Å². The first kappa shape index (κ1) is 20.3. The van der Waals surface area contributed by atoms with Gasteiger partial charge in [0.2, 0.25) is 0 Å². The van der Waals surface area contributed by atoms with Gasteiger partial charge in [0, 0.05) is 23.7 Å². The quantitative estimate of drug-likeness (QED) is 0.530. The van der Waals surface area contributed by atoms with Crippen LogP contribution in [0.3, 0.4) is 0 Å². The predicted octanol–water partition coefficient (Wildman–Crippen LogP) is 4.37. The number of nitrogens with one attached hydrogen (secondary N) is 1. The average molecular weight is 399 g/mol. The minimum Gasteiger partial charge on any atom is -0.379 e. The first-order valence-electron chi connectivity index (χ1n) is 9.48. The summed E-state index contributed by atoms with van der Waals surface area (Å²) in [6.45, 7) is 8.86. The van der Waals surface area contributed by atoms with Crippen molar-refractivity contribution in [1.29, 1.82) is 0 Å². The lowest BCUT2D eigenvalue weighted by Crippen LogP contribution is -2.34. The SMILES string of the molecule is Cc1ccc(NC2=C(c3cccs3)C(=O)N(CCCOC(C)C)C2=O)cc1C. The van der Waals surface area contributed by atoms with Crippen molar-refractivity contribution in [1.82, 2.24) is 4.90 Å². The van der Waals surface area contributed by atoms with E-state index in [-0.39, 0.29) is 17.9 Å². The van der Waals surface area contributed by atoms with Gasteiger partial charge >= 0.3 is 0 Å². The van der Waals surface area contributed by atoms with Gasteiger partial charge in [0.05, 0.1) is 11.7 Å². The van der Waals surface area contributed by atoms with Crippen molar-refractivity contribution in [3.63, 3.8) is 0 Å². The standard InChI is InChI=1S/C22H26N2O3S/c1-14(2)27-11-6-10-24-21(25)19(18-7-5-12-28-18)20(22(24)26)23-17-9-8-15(3)16(4)13-17/h5,7-9,12-14,23H,6,10-11H2,1-4H3. The highest BCUT2D eigenvalue weighted by Gasteiger charge is 2.39. The normalized spacial score (nSPS) is 14.5. The van der Waals surface area contributed by atoms with Gasteiger partial charge in [0.1, 0.15) is 5.70 Å². The fraction of sp³-hybridized carbons (Fsp3) is 0.364. The molecule has 1 aromatic carbocycles. The van der Waals surface area contributed by atoms with E-state index in [0.29, 0.717) is 30.8 Å². The Bertz CT molecular complexity index is 901. The molecule has 148 valence electrons. The van der Waals surface area contributed by atoms with Gasteiger partial charge in [-0.2, -0.15) is 0 Å². The number of benzene rings is 1. The topological polar surface area (TPSA) is 58.6 Å². The van der Waals surface area contributed by atoms with E-state index >= 15 is 0 Å². The molecule has 0 aliphatic carbocycles. The van der Waals surface area contributed by atoms with Crippen LogP contribution in [-0.4, -0.2) is 36.0 Å². The van der Waals surface area contributed by atoms with Gasteiger partial charge in [0.15, 0.2) is 0 Å². The van der Waals surface area contributed by atoms with E-state index in [4.69, 9.17) is 4.74 Å². The lowest BCUT2D eigenvalue weighted by molar-refractivity contribution is -0.137. The monoisotopic (exact) mass is 398 g/mol. The van der Waals surface area contributed by atoms with Gasteiger partial charge in [-0.3, -0.25) is 14.5 Å². The zero-order chi connectivity index (χ0) is 20.3. The minimum atomic E-state index is -0.281. The zero-order valence-corrected chi connectivity index (χ0v) is 17.6. The third-order valence-electron chi connectivity index (χ3n) is 4.69. The second-order valence-electron chi connectivity index (χ2n) is 7.19. The van der Waals surface area contributed by atoms with Crippen LogP contribution in [0.4, 0.5) is 5.69 Å². The zero-order valence-electron chi connectivity index (χ0n) is 16.7. The van der Waals surface area contributed by atoms with Crippen LogP contribution >= 0.6 is 11.3 Å². The number of nitrogens with zero attached hydrogens (tertiary/aromatic N) is 1. The molecule has 0 atom stereocenters. The summed E-state index contributed by atoms with van der Waals surface area (Å²) in [5.74, 6) is -0.528. The molecule has 0 saturated carbocycles. The molecular formula is C22H26N2O3S. The van der Waals surface area contributed by atoms with Crippen molar-refractivity contribution in [2.75, 3.05) is 18.5 Å². The second-order valence-corrected chi connectivity index (χ2v) is 8.13. The molecule has 0 unspecified atom stereocenters. The van der Waals surface area contributed by atoms with E-state index in [1.807, 2.05) is 63.4 Å². The molecule has 2 amide bonds. The fourth-order valence-corrected chi connectivity index (χ4v) is 3.82. The molecule has 6 heteroatoms. The molecule has 3 rings (SSSR count). The Kier molecular flexibility index (Phi) is 6.31. The number of hydrogen-bond acceptors (Lipinski definition) is 5. The minimum absolute atomic E-state index is 0.131. The molecule has 2 aromatic rings. The Balaban J connectivity index is 1.85. The highest BCUT2D eigenvalue weighted by molar-refractivity contribution is 7.11. The summed E-state index contributed by atoms with van der Waals surface area (Å²) in [5.41, 5.74) is 3.91. The molecule has 1 aliphatic heterocycles. The number of carbonyl (C=O) groups excluding carboxylic acids is 2. The van der Waals surface area contributed by atoms with E-state index in [2.05, 4.69) is 5.32 Å². The number of imide groups is 1. The Morgan fingerprint density at radius 2 is 1.89 bits per heavy atom. The number of aryl methyl sites for hydroxylation is 2.